The smallest absolute Gasteiger partial charge is 0.274 e. The van der Waals surface area contributed by atoms with E-state index in [1.165, 1.54) is 16.5 Å². The van der Waals surface area contributed by atoms with Crippen LogP contribution >= 0.6 is 0 Å². The van der Waals surface area contributed by atoms with Crippen LogP contribution in [-0.2, 0) is 29.7 Å². The van der Waals surface area contributed by atoms with E-state index in [9.17, 15) is 9.59 Å². The van der Waals surface area contributed by atoms with Gasteiger partial charge in [-0.2, -0.15) is 0 Å². The summed E-state index contributed by atoms with van der Waals surface area (Å²) < 4.78 is 9.04. The minimum absolute atomic E-state index is 0.0922. The van der Waals surface area contributed by atoms with Gasteiger partial charge in [-0.25, -0.2) is 0 Å². The van der Waals surface area contributed by atoms with Crippen molar-refractivity contribution in [3.05, 3.63) is 64.2 Å². The van der Waals surface area contributed by atoms with Crippen LogP contribution in [0.5, 0.6) is 0 Å². The van der Waals surface area contributed by atoms with Crippen LogP contribution in [0.25, 0.3) is 10.9 Å². The first kappa shape index (κ1) is 21.0. The van der Waals surface area contributed by atoms with E-state index in [2.05, 4.69) is 52.3 Å². The zero-order valence-electron chi connectivity index (χ0n) is 18.7. The molecule has 7 heteroatoms. The number of nitrogens with zero attached hydrogens (tertiary/aromatic N) is 3. The molecule has 1 N–H and O–H groups in total. The fourth-order valence-corrected chi connectivity index (χ4v) is 5.47. The number of hydrogen-bond donors (Lipinski definition) is 1. The molecule has 5 rings (SSSR count). The second kappa shape index (κ2) is 8.56. The number of carbonyl (C=O) groups is 1. The maximum atomic E-state index is 13.1. The van der Waals surface area contributed by atoms with Crippen LogP contribution in [0.2, 0.25) is 0 Å². The summed E-state index contributed by atoms with van der Waals surface area (Å²) in [4.78, 5) is 27.7. The molecule has 3 aromatic rings. The minimum atomic E-state index is -0.193. The number of carbonyl (C=O) groups excluding carboxylic acids is 1. The Bertz CT molecular complexity index is 1210. The maximum Gasteiger partial charge on any atom is 0.274 e. The Morgan fingerprint density at radius 3 is 2.84 bits per heavy atom. The highest BCUT2D eigenvalue weighted by Crippen LogP contribution is 2.36. The van der Waals surface area contributed by atoms with Crippen molar-refractivity contribution in [1.82, 2.24) is 14.0 Å². The normalized spacial score (nSPS) is 20.3. The molecule has 32 heavy (non-hydrogen) atoms. The van der Waals surface area contributed by atoms with E-state index < -0.39 is 0 Å². The molecule has 4 heterocycles. The van der Waals surface area contributed by atoms with Gasteiger partial charge in [0.2, 0.25) is 5.91 Å². The molecule has 168 valence electrons. The van der Waals surface area contributed by atoms with Crippen molar-refractivity contribution in [2.24, 2.45) is 13.0 Å². The lowest BCUT2D eigenvalue weighted by atomic mass is 9.83. The Hall–Kier alpha value is -2.90. The number of hydrogen-bond acceptors (Lipinski definition) is 4. The van der Waals surface area contributed by atoms with Gasteiger partial charge >= 0.3 is 0 Å². The molecular formula is C25H30N4O3. The first-order chi connectivity index (χ1) is 15.5. The number of likely N-dealkylation sites (tertiary alicyclic amines) is 1. The molecule has 1 fully saturated rings. The summed E-state index contributed by atoms with van der Waals surface area (Å²) in [6, 6.07) is 12.3. The Balaban J connectivity index is 1.35. The van der Waals surface area contributed by atoms with Gasteiger partial charge in [0, 0.05) is 69.0 Å². The van der Waals surface area contributed by atoms with Crippen LogP contribution in [0.4, 0.5) is 5.69 Å². The molecule has 0 aliphatic carbocycles. The van der Waals surface area contributed by atoms with Gasteiger partial charge in [-0.15, -0.1) is 0 Å². The summed E-state index contributed by atoms with van der Waals surface area (Å²) in [5.41, 5.74) is 3.97. The molecule has 1 amide bonds. The number of anilines is 1. The summed E-state index contributed by atoms with van der Waals surface area (Å²) >= 11 is 0. The van der Waals surface area contributed by atoms with E-state index >= 15 is 0 Å². The largest absolute Gasteiger partial charge is 0.384 e. The average molecular weight is 435 g/mol. The molecule has 1 saturated heterocycles. The van der Waals surface area contributed by atoms with Crippen LogP contribution < -0.4 is 10.9 Å². The lowest BCUT2D eigenvalue weighted by Gasteiger charge is -2.43. The number of rotatable bonds is 6. The number of benzene rings is 1. The molecule has 2 atom stereocenters. The van der Waals surface area contributed by atoms with Crippen LogP contribution in [-0.4, -0.2) is 46.7 Å². The van der Waals surface area contributed by atoms with E-state index in [0.717, 1.165) is 31.7 Å². The van der Waals surface area contributed by atoms with Crippen LogP contribution in [0.1, 0.15) is 30.0 Å². The SMILES string of the molecule is COCCC(=O)Nc1ccc2n(c1=O)C[C@H]1C[C@@H]2CN(Cc2cn(C)c3ccccc23)C1. The number of aryl methyl sites for hydroxylation is 1. The van der Waals surface area contributed by atoms with Gasteiger partial charge in [0.1, 0.15) is 5.69 Å². The molecular weight excluding hydrogens is 404 g/mol. The van der Waals surface area contributed by atoms with Crippen molar-refractivity contribution in [1.29, 1.82) is 0 Å². The number of ether oxygens (including phenoxy) is 1. The van der Waals surface area contributed by atoms with Crippen LogP contribution in [0.3, 0.4) is 0 Å². The van der Waals surface area contributed by atoms with E-state index in [1.807, 2.05) is 10.6 Å². The minimum Gasteiger partial charge on any atom is -0.384 e. The highest BCUT2D eigenvalue weighted by molar-refractivity contribution is 5.90. The zero-order valence-corrected chi connectivity index (χ0v) is 18.7. The molecule has 2 aliphatic heterocycles. The monoisotopic (exact) mass is 434 g/mol. The van der Waals surface area contributed by atoms with E-state index in [0.29, 0.717) is 30.7 Å². The molecule has 0 unspecified atom stereocenters. The fourth-order valence-electron chi connectivity index (χ4n) is 5.47. The molecule has 0 radical (unpaired) electrons. The number of methoxy groups -OCH3 is 1. The highest BCUT2D eigenvalue weighted by atomic mass is 16.5. The Morgan fingerprint density at radius 2 is 2.00 bits per heavy atom. The summed E-state index contributed by atoms with van der Waals surface area (Å²) in [7, 11) is 3.66. The van der Waals surface area contributed by atoms with E-state index in [-0.39, 0.29) is 17.9 Å². The maximum absolute atomic E-state index is 13.1. The number of nitrogens with one attached hydrogen (secondary N) is 1. The summed E-state index contributed by atoms with van der Waals surface area (Å²) in [6.07, 6.45) is 3.60. The van der Waals surface area contributed by atoms with Crippen molar-refractivity contribution in [3.63, 3.8) is 0 Å². The van der Waals surface area contributed by atoms with Gasteiger partial charge in [-0.1, -0.05) is 18.2 Å². The molecule has 0 saturated carbocycles. The lowest BCUT2D eigenvalue weighted by molar-refractivity contribution is -0.117. The molecule has 2 aromatic heterocycles. The Labute approximate surface area is 187 Å². The van der Waals surface area contributed by atoms with Crippen molar-refractivity contribution in [2.45, 2.75) is 31.8 Å². The van der Waals surface area contributed by atoms with Gasteiger partial charge in [-0.05, 0) is 36.1 Å². The predicted molar refractivity (Wildman–Crippen MR) is 125 cm³/mol. The molecule has 1 aromatic carbocycles. The number of piperidine rings is 1. The first-order valence-corrected chi connectivity index (χ1v) is 11.3. The van der Waals surface area contributed by atoms with Gasteiger partial charge in [0.05, 0.1) is 13.0 Å². The Kier molecular flexibility index (Phi) is 5.61. The summed E-state index contributed by atoms with van der Waals surface area (Å²) in [5.74, 6) is 0.582. The topological polar surface area (TPSA) is 68.5 Å². The number of fused-ring (bicyclic) bond motifs is 5. The third kappa shape index (κ3) is 3.87. The van der Waals surface area contributed by atoms with Gasteiger partial charge in [-0.3, -0.25) is 14.5 Å². The van der Waals surface area contributed by atoms with E-state index in [4.69, 9.17) is 4.74 Å². The van der Waals surface area contributed by atoms with E-state index in [1.54, 1.807) is 13.2 Å². The lowest BCUT2D eigenvalue weighted by Crippen LogP contribution is -2.47. The third-order valence-corrected chi connectivity index (χ3v) is 6.86. The van der Waals surface area contributed by atoms with Crippen molar-refractivity contribution in [3.8, 4) is 0 Å². The zero-order chi connectivity index (χ0) is 22.2. The summed E-state index contributed by atoms with van der Waals surface area (Å²) in [6.45, 7) is 3.90. The van der Waals surface area contributed by atoms with Crippen LogP contribution in [0.15, 0.2) is 47.4 Å². The number of amides is 1. The van der Waals surface area contributed by atoms with Crippen molar-refractivity contribution in [2.75, 3.05) is 32.1 Å². The van der Waals surface area contributed by atoms with Gasteiger partial charge in [0.15, 0.2) is 0 Å². The van der Waals surface area contributed by atoms with Crippen molar-refractivity contribution >= 4 is 22.5 Å². The van der Waals surface area contributed by atoms with Crippen molar-refractivity contribution < 1.29 is 9.53 Å². The predicted octanol–water partition coefficient (Wildman–Crippen LogP) is 2.93. The number of pyridine rings is 1. The standard InChI is InChI=1S/C25H30N4O3/c1-27-14-19(20-5-3-4-6-23(20)27)16-28-12-17-11-18(15-28)22-8-7-21(25(31)29(22)13-17)26-24(30)9-10-32-2/h3-8,14,17-18H,9-13,15-16H2,1-2H3,(H,26,30)/t17-,18+/m0/s1. The second-order valence-electron chi connectivity index (χ2n) is 9.15. The summed E-state index contributed by atoms with van der Waals surface area (Å²) in [5, 5.41) is 4.07. The number of para-hydroxylation sites is 1. The number of aromatic nitrogens is 2. The Morgan fingerprint density at radius 1 is 1.16 bits per heavy atom. The molecule has 2 bridgehead atoms. The first-order valence-electron chi connectivity index (χ1n) is 11.3. The third-order valence-electron chi connectivity index (χ3n) is 6.86. The fraction of sp³-hybridized carbons (Fsp3) is 0.440. The van der Waals surface area contributed by atoms with Gasteiger partial charge < -0.3 is 19.2 Å². The second-order valence-corrected chi connectivity index (χ2v) is 9.15. The quantitative estimate of drug-likeness (QED) is 0.648. The molecule has 0 spiro atoms. The average Bonchev–Trinajstić information content (AvgIpc) is 3.10. The highest BCUT2D eigenvalue weighted by Gasteiger charge is 2.35. The molecule has 7 nitrogen and oxygen atoms in total. The van der Waals surface area contributed by atoms with Crippen LogP contribution in [0, 0.1) is 5.92 Å². The van der Waals surface area contributed by atoms with Gasteiger partial charge in [0.25, 0.3) is 5.56 Å². The molecule has 2 aliphatic rings.